The number of amides is 1. The molecule has 0 unspecified atom stereocenters. The van der Waals surface area contributed by atoms with E-state index in [1.165, 1.54) is 6.07 Å². The number of phenolic OH excluding ortho intramolecular Hbond substituents is 1. The van der Waals surface area contributed by atoms with Gasteiger partial charge in [-0.05, 0) is 12.1 Å². The van der Waals surface area contributed by atoms with E-state index in [4.69, 9.17) is 23.2 Å². The van der Waals surface area contributed by atoms with Gasteiger partial charge in [0, 0.05) is 50.2 Å². The van der Waals surface area contributed by atoms with E-state index in [1.807, 2.05) is 4.90 Å². The number of carbonyl (C=O) groups is 1. The summed E-state index contributed by atoms with van der Waals surface area (Å²) in [5.74, 6) is 0.188. The van der Waals surface area contributed by atoms with Crippen molar-refractivity contribution >= 4 is 29.1 Å². The van der Waals surface area contributed by atoms with Crippen LogP contribution in [0.3, 0.4) is 0 Å². The zero-order chi connectivity index (χ0) is 14.0. The number of rotatable bonds is 2. The van der Waals surface area contributed by atoms with Gasteiger partial charge in [0.15, 0.2) is 0 Å². The van der Waals surface area contributed by atoms with E-state index in [9.17, 15) is 9.90 Å². The van der Waals surface area contributed by atoms with Gasteiger partial charge in [-0.2, -0.15) is 0 Å². The largest absolute Gasteiger partial charge is 0.506 e. The summed E-state index contributed by atoms with van der Waals surface area (Å²) in [6, 6.07) is 3.25. The van der Waals surface area contributed by atoms with Gasteiger partial charge < -0.3 is 10.0 Å². The SMILES string of the molecule is CC(=O)N1CCN(Cc2cc(Cl)cc(Cl)c2O)CC1. The lowest BCUT2D eigenvalue weighted by atomic mass is 10.1. The van der Waals surface area contributed by atoms with Crippen LogP contribution in [-0.4, -0.2) is 47.0 Å². The Kier molecular flexibility index (Phi) is 4.55. The van der Waals surface area contributed by atoms with Crippen molar-refractivity contribution in [3.05, 3.63) is 27.7 Å². The molecule has 1 N–H and O–H groups in total. The maximum Gasteiger partial charge on any atom is 0.219 e. The molecular weight excluding hydrogens is 287 g/mol. The predicted molar refractivity (Wildman–Crippen MR) is 75.7 cm³/mol. The minimum Gasteiger partial charge on any atom is -0.506 e. The van der Waals surface area contributed by atoms with Crippen molar-refractivity contribution in [2.45, 2.75) is 13.5 Å². The topological polar surface area (TPSA) is 43.8 Å². The molecule has 0 aromatic heterocycles. The summed E-state index contributed by atoms with van der Waals surface area (Å²) in [6.07, 6.45) is 0. The van der Waals surface area contributed by atoms with Crippen molar-refractivity contribution < 1.29 is 9.90 Å². The molecule has 1 aliphatic heterocycles. The number of hydrogen-bond donors (Lipinski definition) is 1. The molecule has 0 aliphatic carbocycles. The number of aromatic hydroxyl groups is 1. The summed E-state index contributed by atoms with van der Waals surface area (Å²) in [5, 5.41) is 10.7. The van der Waals surface area contributed by atoms with Crippen molar-refractivity contribution in [3.63, 3.8) is 0 Å². The van der Waals surface area contributed by atoms with E-state index in [0.29, 0.717) is 30.2 Å². The van der Waals surface area contributed by atoms with Gasteiger partial charge in [-0.15, -0.1) is 0 Å². The zero-order valence-electron chi connectivity index (χ0n) is 10.7. The van der Waals surface area contributed by atoms with Gasteiger partial charge in [0.1, 0.15) is 5.75 Å². The molecule has 1 fully saturated rings. The first-order valence-electron chi connectivity index (χ1n) is 6.12. The molecule has 0 spiro atoms. The van der Waals surface area contributed by atoms with Crippen LogP contribution < -0.4 is 0 Å². The standard InChI is InChI=1S/C13H16Cl2N2O2/c1-9(18)17-4-2-16(3-5-17)8-10-6-11(14)7-12(15)13(10)19/h6-7,19H,2-5,8H2,1H3. The highest BCUT2D eigenvalue weighted by Crippen LogP contribution is 2.32. The molecule has 0 saturated carbocycles. The maximum atomic E-state index is 11.2. The molecule has 1 aliphatic rings. The van der Waals surface area contributed by atoms with Gasteiger partial charge in [-0.25, -0.2) is 0 Å². The van der Waals surface area contributed by atoms with E-state index >= 15 is 0 Å². The molecule has 104 valence electrons. The Morgan fingerprint density at radius 3 is 2.47 bits per heavy atom. The fourth-order valence-corrected chi connectivity index (χ4v) is 2.74. The summed E-state index contributed by atoms with van der Waals surface area (Å²) in [4.78, 5) is 15.2. The van der Waals surface area contributed by atoms with E-state index < -0.39 is 0 Å². The third-order valence-corrected chi connectivity index (χ3v) is 3.83. The molecule has 0 bridgehead atoms. The Hall–Kier alpha value is -0.970. The summed E-state index contributed by atoms with van der Waals surface area (Å²) in [6.45, 7) is 5.15. The number of carbonyl (C=O) groups excluding carboxylic acids is 1. The van der Waals surface area contributed by atoms with Crippen molar-refractivity contribution in [1.29, 1.82) is 0 Å². The van der Waals surface area contributed by atoms with Crippen LogP contribution in [0.15, 0.2) is 12.1 Å². The second kappa shape index (κ2) is 5.99. The second-order valence-electron chi connectivity index (χ2n) is 4.68. The quantitative estimate of drug-likeness (QED) is 0.912. The lowest BCUT2D eigenvalue weighted by Gasteiger charge is -2.34. The first-order valence-corrected chi connectivity index (χ1v) is 6.87. The lowest BCUT2D eigenvalue weighted by molar-refractivity contribution is -0.130. The van der Waals surface area contributed by atoms with E-state index in [2.05, 4.69) is 4.90 Å². The average Bonchev–Trinajstić information content (AvgIpc) is 2.36. The summed E-state index contributed by atoms with van der Waals surface area (Å²) >= 11 is 11.8. The third-order valence-electron chi connectivity index (χ3n) is 3.32. The minimum absolute atomic E-state index is 0.0834. The molecule has 1 saturated heterocycles. The highest BCUT2D eigenvalue weighted by atomic mass is 35.5. The van der Waals surface area contributed by atoms with E-state index in [0.717, 1.165) is 13.1 Å². The molecular formula is C13H16Cl2N2O2. The minimum atomic E-state index is 0.0834. The number of halogens is 2. The molecule has 0 radical (unpaired) electrons. The normalized spacial score (nSPS) is 16.7. The van der Waals surface area contributed by atoms with Gasteiger partial charge in [0.25, 0.3) is 0 Å². The van der Waals surface area contributed by atoms with Crippen molar-refractivity contribution in [1.82, 2.24) is 9.80 Å². The maximum absolute atomic E-state index is 11.2. The highest BCUT2D eigenvalue weighted by Gasteiger charge is 2.20. The van der Waals surface area contributed by atoms with Crippen molar-refractivity contribution in [3.8, 4) is 5.75 Å². The Bertz CT molecular complexity index is 486. The van der Waals surface area contributed by atoms with Crippen LogP contribution in [0.4, 0.5) is 0 Å². The number of nitrogens with zero attached hydrogens (tertiary/aromatic N) is 2. The first kappa shape index (κ1) is 14.4. The molecule has 4 nitrogen and oxygen atoms in total. The second-order valence-corrected chi connectivity index (χ2v) is 5.52. The summed E-state index contributed by atoms with van der Waals surface area (Å²) in [5.41, 5.74) is 0.716. The van der Waals surface area contributed by atoms with Gasteiger partial charge in [-0.1, -0.05) is 23.2 Å². The fourth-order valence-electron chi connectivity index (χ4n) is 2.20. The predicted octanol–water partition coefficient (Wildman–Crippen LogP) is 2.36. The van der Waals surface area contributed by atoms with Crippen LogP contribution in [-0.2, 0) is 11.3 Å². The van der Waals surface area contributed by atoms with Gasteiger partial charge in [0.2, 0.25) is 5.91 Å². The van der Waals surface area contributed by atoms with Crippen LogP contribution >= 0.6 is 23.2 Å². The van der Waals surface area contributed by atoms with E-state index in [1.54, 1.807) is 13.0 Å². The molecule has 0 atom stereocenters. The van der Waals surface area contributed by atoms with Crippen molar-refractivity contribution in [2.24, 2.45) is 0 Å². The van der Waals surface area contributed by atoms with Gasteiger partial charge in [0.05, 0.1) is 5.02 Å². The zero-order valence-corrected chi connectivity index (χ0v) is 12.2. The monoisotopic (exact) mass is 302 g/mol. The van der Waals surface area contributed by atoms with Gasteiger partial charge >= 0.3 is 0 Å². The molecule has 6 heteroatoms. The van der Waals surface area contributed by atoms with Crippen LogP contribution in [0, 0.1) is 0 Å². The van der Waals surface area contributed by atoms with Crippen LogP contribution in [0.1, 0.15) is 12.5 Å². The Balaban J connectivity index is 2.01. The smallest absolute Gasteiger partial charge is 0.219 e. The first-order chi connectivity index (χ1) is 8.97. The number of phenols is 1. The molecule has 19 heavy (non-hydrogen) atoms. The van der Waals surface area contributed by atoms with Crippen LogP contribution in [0.25, 0.3) is 0 Å². The molecule has 1 aromatic rings. The Labute approximate surface area is 122 Å². The summed E-state index contributed by atoms with van der Waals surface area (Å²) < 4.78 is 0. The fraction of sp³-hybridized carbons (Fsp3) is 0.462. The third kappa shape index (κ3) is 3.53. The average molecular weight is 303 g/mol. The van der Waals surface area contributed by atoms with Crippen LogP contribution in [0.2, 0.25) is 10.0 Å². The molecule has 1 heterocycles. The van der Waals surface area contributed by atoms with Crippen molar-refractivity contribution in [2.75, 3.05) is 26.2 Å². The summed E-state index contributed by atoms with van der Waals surface area (Å²) in [7, 11) is 0. The Morgan fingerprint density at radius 1 is 1.26 bits per heavy atom. The number of hydrogen-bond acceptors (Lipinski definition) is 3. The molecule has 1 amide bonds. The van der Waals surface area contributed by atoms with E-state index in [-0.39, 0.29) is 16.7 Å². The van der Waals surface area contributed by atoms with Gasteiger partial charge in [-0.3, -0.25) is 9.69 Å². The number of piperazine rings is 1. The highest BCUT2D eigenvalue weighted by molar-refractivity contribution is 6.35. The molecule has 2 rings (SSSR count). The van der Waals surface area contributed by atoms with Crippen LogP contribution in [0.5, 0.6) is 5.75 Å². The molecule has 1 aromatic carbocycles. The number of benzene rings is 1. The lowest BCUT2D eigenvalue weighted by Crippen LogP contribution is -2.47. The Morgan fingerprint density at radius 2 is 1.89 bits per heavy atom.